The predicted molar refractivity (Wildman–Crippen MR) is 143 cm³/mol. The second-order valence-corrected chi connectivity index (χ2v) is 10.5. The molecule has 0 aliphatic carbocycles. The van der Waals surface area contributed by atoms with E-state index in [1.807, 2.05) is 18.2 Å². The number of fused-ring (bicyclic) bond motifs is 1. The van der Waals surface area contributed by atoms with Crippen molar-refractivity contribution in [2.24, 2.45) is 0 Å². The van der Waals surface area contributed by atoms with Gasteiger partial charge in [0, 0.05) is 69.2 Å². The van der Waals surface area contributed by atoms with E-state index in [1.54, 1.807) is 11.1 Å². The summed E-state index contributed by atoms with van der Waals surface area (Å²) in [5.74, 6) is 0.197. The highest BCUT2D eigenvalue weighted by Crippen LogP contribution is 2.25. The lowest BCUT2D eigenvalue weighted by atomic mass is 10.0. The number of aliphatic carboxylic acids is 1. The van der Waals surface area contributed by atoms with Crippen LogP contribution in [0.3, 0.4) is 0 Å². The first-order valence-electron chi connectivity index (χ1n) is 13.8. The zero-order valence-electron chi connectivity index (χ0n) is 21.8. The summed E-state index contributed by atoms with van der Waals surface area (Å²) in [5, 5.41) is 15.8. The highest BCUT2D eigenvalue weighted by molar-refractivity contribution is 5.82. The molecule has 204 valence electrons. The van der Waals surface area contributed by atoms with Gasteiger partial charge in [0.25, 0.3) is 0 Å². The molecule has 10 heteroatoms. The van der Waals surface area contributed by atoms with Gasteiger partial charge in [-0.05, 0) is 55.9 Å². The third-order valence-electron chi connectivity index (χ3n) is 7.80. The van der Waals surface area contributed by atoms with Crippen LogP contribution >= 0.6 is 0 Å². The van der Waals surface area contributed by atoms with Crippen LogP contribution in [-0.4, -0.2) is 94.9 Å². The summed E-state index contributed by atoms with van der Waals surface area (Å²) in [6, 6.07) is 8.83. The maximum absolute atomic E-state index is 12.8. The van der Waals surface area contributed by atoms with Crippen molar-refractivity contribution in [3.8, 4) is 0 Å². The number of likely N-dealkylation sites (tertiary alicyclic amines) is 2. The Labute approximate surface area is 223 Å². The lowest BCUT2D eigenvalue weighted by Crippen LogP contribution is -2.48. The normalized spacial score (nSPS) is 22.1. The first-order chi connectivity index (χ1) is 18.5. The number of nitrogens with zero attached hydrogens (tertiary/aromatic N) is 4. The van der Waals surface area contributed by atoms with Crippen LogP contribution in [0, 0.1) is 0 Å². The maximum atomic E-state index is 12.8. The molecule has 3 aliphatic heterocycles. The Balaban J connectivity index is 1.02. The van der Waals surface area contributed by atoms with Crippen LogP contribution < -0.4 is 10.6 Å². The Kier molecular flexibility index (Phi) is 8.70. The van der Waals surface area contributed by atoms with Crippen LogP contribution in [0.4, 0.5) is 10.6 Å². The van der Waals surface area contributed by atoms with E-state index in [2.05, 4.69) is 32.7 Å². The number of carboxylic acid groups (broad SMARTS) is 1. The van der Waals surface area contributed by atoms with E-state index in [9.17, 15) is 14.7 Å². The van der Waals surface area contributed by atoms with Gasteiger partial charge < -0.3 is 30.3 Å². The molecule has 2 aromatic heterocycles. The zero-order valence-corrected chi connectivity index (χ0v) is 21.8. The number of aryl methyl sites for hydroxylation is 1. The minimum absolute atomic E-state index is 0.136. The Morgan fingerprint density at radius 3 is 2.95 bits per heavy atom. The van der Waals surface area contributed by atoms with E-state index in [0.717, 1.165) is 68.9 Å². The number of ether oxygens (including phenoxy) is 1. The summed E-state index contributed by atoms with van der Waals surface area (Å²) >= 11 is 0. The average Bonchev–Trinajstić information content (AvgIpc) is 3.61. The first kappa shape index (κ1) is 26.4. The van der Waals surface area contributed by atoms with Gasteiger partial charge in [-0.2, -0.15) is 0 Å². The van der Waals surface area contributed by atoms with Gasteiger partial charge in [-0.15, -0.1) is 0 Å². The van der Waals surface area contributed by atoms with Crippen molar-refractivity contribution in [2.75, 3.05) is 51.2 Å². The standard InChI is InChI=1S/C28H38N6O4/c35-27(36)25(32-28(37)34-16-8-21(18-34)24-5-1-2-12-29-24)10-15-33-14-9-23(19-33)38-17-11-22-7-6-20-4-3-13-30-26(20)31-22/h1-2,5-7,12,21,23,25H,3-4,8-11,13-19H2,(H,30,31)(H,32,37)(H,35,36)/t21?,23-,25+/m1/s1. The van der Waals surface area contributed by atoms with Crippen LogP contribution in [0.2, 0.25) is 0 Å². The van der Waals surface area contributed by atoms with Crippen LogP contribution in [0.1, 0.15) is 48.6 Å². The van der Waals surface area contributed by atoms with Gasteiger partial charge >= 0.3 is 12.0 Å². The van der Waals surface area contributed by atoms with Crippen molar-refractivity contribution >= 4 is 17.8 Å². The second-order valence-electron chi connectivity index (χ2n) is 10.5. The molecule has 3 atom stereocenters. The van der Waals surface area contributed by atoms with Crippen molar-refractivity contribution in [3.05, 3.63) is 53.5 Å². The maximum Gasteiger partial charge on any atom is 0.326 e. The predicted octanol–water partition coefficient (Wildman–Crippen LogP) is 2.51. The van der Waals surface area contributed by atoms with Crippen molar-refractivity contribution in [1.82, 2.24) is 25.1 Å². The van der Waals surface area contributed by atoms with Gasteiger partial charge in [0.1, 0.15) is 11.9 Å². The van der Waals surface area contributed by atoms with Crippen molar-refractivity contribution in [2.45, 2.75) is 56.6 Å². The molecule has 2 fully saturated rings. The number of pyridine rings is 2. The van der Waals surface area contributed by atoms with Gasteiger partial charge in [0.05, 0.1) is 12.7 Å². The Morgan fingerprint density at radius 2 is 2.11 bits per heavy atom. The molecule has 2 saturated heterocycles. The van der Waals surface area contributed by atoms with E-state index >= 15 is 0 Å². The number of hydrogen-bond acceptors (Lipinski definition) is 7. The number of nitrogens with one attached hydrogen (secondary N) is 2. The number of carbonyl (C=O) groups is 2. The third-order valence-corrected chi connectivity index (χ3v) is 7.80. The summed E-state index contributed by atoms with van der Waals surface area (Å²) in [6.07, 6.45) is 7.02. The van der Waals surface area contributed by atoms with Crippen LogP contribution in [-0.2, 0) is 22.4 Å². The highest BCUT2D eigenvalue weighted by Gasteiger charge is 2.31. The molecule has 2 amide bonds. The molecule has 10 nitrogen and oxygen atoms in total. The second kappa shape index (κ2) is 12.5. The van der Waals surface area contributed by atoms with Crippen molar-refractivity contribution in [3.63, 3.8) is 0 Å². The number of carbonyl (C=O) groups excluding carboxylic acids is 1. The Bertz CT molecular complexity index is 1100. The van der Waals surface area contributed by atoms with E-state index in [4.69, 9.17) is 9.72 Å². The molecule has 0 radical (unpaired) electrons. The molecule has 0 aromatic carbocycles. The number of urea groups is 1. The minimum atomic E-state index is -1.00. The quantitative estimate of drug-likeness (QED) is 0.436. The molecule has 0 bridgehead atoms. The van der Waals surface area contributed by atoms with E-state index < -0.39 is 12.0 Å². The first-order valence-corrected chi connectivity index (χ1v) is 13.8. The molecular weight excluding hydrogens is 484 g/mol. The number of aromatic nitrogens is 2. The fourth-order valence-electron chi connectivity index (χ4n) is 5.59. The van der Waals surface area contributed by atoms with Crippen LogP contribution in [0.25, 0.3) is 0 Å². The van der Waals surface area contributed by atoms with Crippen molar-refractivity contribution in [1.29, 1.82) is 0 Å². The van der Waals surface area contributed by atoms with E-state index in [0.29, 0.717) is 32.7 Å². The van der Waals surface area contributed by atoms with Crippen LogP contribution in [0.15, 0.2) is 36.5 Å². The van der Waals surface area contributed by atoms with Gasteiger partial charge in [0.15, 0.2) is 0 Å². The largest absolute Gasteiger partial charge is 0.480 e. The van der Waals surface area contributed by atoms with Crippen LogP contribution in [0.5, 0.6) is 0 Å². The Morgan fingerprint density at radius 1 is 1.18 bits per heavy atom. The molecule has 1 unspecified atom stereocenters. The lowest BCUT2D eigenvalue weighted by molar-refractivity contribution is -0.139. The van der Waals surface area contributed by atoms with Gasteiger partial charge in [-0.25, -0.2) is 14.6 Å². The van der Waals surface area contributed by atoms with Crippen molar-refractivity contribution < 1.29 is 19.4 Å². The summed E-state index contributed by atoms with van der Waals surface area (Å²) in [6.45, 7) is 5.00. The van der Waals surface area contributed by atoms with Gasteiger partial charge in [-0.1, -0.05) is 12.1 Å². The summed E-state index contributed by atoms with van der Waals surface area (Å²) in [4.78, 5) is 37.7. The number of anilines is 1. The lowest BCUT2D eigenvalue weighted by Gasteiger charge is -2.23. The van der Waals surface area contributed by atoms with Gasteiger partial charge in [-0.3, -0.25) is 4.98 Å². The summed E-state index contributed by atoms with van der Waals surface area (Å²) < 4.78 is 6.11. The molecule has 38 heavy (non-hydrogen) atoms. The topological polar surface area (TPSA) is 120 Å². The number of hydrogen-bond donors (Lipinski definition) is 3. The highest BCUT2D eigenvalue weighted by atomic mass is 16.5. The minimum Gasteiger partial charge on any atom is -0.480 e. The molecule has 0 spiro atoms. The smallest absolute Gasteiger partial charge is 0.326 e. The number of amides is 2. The fourth-order valence-corrected chi connectivity index (χ4v) is 5.59. The Hall–Kier alpha value is -3.24. The molecule has 5 rings (SSSR count). The fraction of sp³-hybridized carbons (Fsp3) is 0.571. The molecule has 0 saturated carbocycles. The molecule has 3 N–H and O–H groups in total. The molecule has 5 heterocycles. The zero-order chi connectivity index (χ0) is 26.3. The number of rotatable bonds is 10. The number of carboxylic acids is 1. The van der Waals surface area contributed by atoms with E-state index in [1.165, 1.54) is 5.56 Å². The van der Waals surface area contributed by atoms with Gasteiger partial charge in [0.2, 0.25) is 0 Å². The molecular formula is C28H38N6O4. The SMILES string of the molecule is O=C(O)[C@H](CCN1CC[C@@H](OCCc2ccc3c(n2)NCCC3)C1)NC(=O)N1CCC(c2ccccn2)C1. The molecule has 3 aliphatic rings. The summed E-state index contributed by atoms with van der Waals surface area (Å²) in [7, 11) is 0. The monoisotopic (exact) mass is 522 g/mol. The van der Waals surface area contributed by atoms with E-state index in [-0.39, 0.29) is 18.1 Å². The average molecular weight is 523 g/mol. The third kappa shape index (κ3) is 6.79. The molecule has 2 aromatic rings. The summed E-state index contributed by atoms with van der Waals surface area (Å²) in [5.41, 5.74) is 3.30.